The lowest BCUT2D eigenvalue weighted by atomic mass is 10.1. The van der Waals surface area contributed by atoms with Crippen LogP contribution < -0.4 is 9.47 Å². The highest BCUT2D eigenvalue weighted by atomic mass is 16.5. The summed E-state index contributed by atoms with van der Waals surface area (Å²) in [6, 6.07) is 32.0. The predicted octanol–water partition coefficient (Wildman–Crippen LogP) is 7.74. The summed E-state index contributed by atoms with van der Waals surface area (Å²) in [6.07, 6.45) is 7.58. The van der Waals surface area contributed by atoms with Crippen LogP contribution in [0.5, 0.6) is 23.3 Å². The smallest absolute Gasteiger partial charge is 0.219 e. The van der Waals surface area contributed by atoms with E-state index >= 15 is 0 Å². The number of pyridine rings is 2. The monoisotopic (exact) mass is 498 g/mol. The van der Waals surface area contributed by atoms with Crippen molar-refractivity contribution in [2.24, 2.45) is 14.1 Å². The highest BCUT2D eigenvalue weighted by molar-refractivity contribution is 5.67. The molecule has 4 heterocycles. The fraction of sp³-hybridized carbons (Fsp3) is 0.0625. The Morgan fingerprint density at radius 1 is 0.500 bits per heavy atom. The topological polar surface area (TPSA) is 54.1 Å². The van der Waals surface area contributed by atoms with E-state index in [1.165, 1.54) is 0 Å². The molecule has 0 amide bonds. The standard InChI is InChI=1S/C32H26N4O2/c1-35-17-5-11-29(35)25-13-15-33-31(21-25)37-27-9-3-7-23(19-27)24-8-4-10-28(20-24)38-32-22-26(14-16-34-32)30-12-6-18-36(30)2/h3-22H,1-2H3. The molecule has 0 N–H and O–H groups in total. The van der Waals surface area contributed by atoms with Crippen molar-refractivity contribution in [3.8, 4) is 56.9 Å². The van der Waals surface area contributed by atoms with E-state index in [2.05, 4.69) is 31.2 Å². The molecule has 0 aliphatic rings. The molecule has 0 atom stereocenters. The lowest BCUT2D eigenvalue weighted by Gasteiger charge is -2.11. The Labute approximate surface area is 221 Å². The molecule has 0 fully saturated rings. The summed E-state index contributed by atoms with van der Waals surface area (Å²) in [6.45, 7) is 0. The zero-order valence-electron chi connectivity index (χ0n) is 21.2. The van der Waals surface area contributed by atoms with Gasteiger partial charge in [0, 0.05) is 73.5 Å². The van der Waals surface area contributed by atoms with Crippen molar-refractivity contribution in [1.29, 1.82) is 0 Å². The summed E-state index contributed by atoms with van der Waals surface area (Å²) < 4.78 is 16.4. The molecule has 4 aromatic heterocycles. The maximum atomic E-state index is 6.14. The fourth-order valence-electron chi connectivity index (χ4n) is 4.49. The van der Waals surface area contributed by atoms with Gasteiger partial charge in [0.25, 0.3) is 0 Å². The number of ether oxygens (including phenoxy) is 2. The molecule has 6 aromatic rings. The molecule has 6 rings (SSSR count). The Morgan fingerprint density at radius 3 is 1.39 bits per heavy atom. The Kier molecular flexibility index (Phi) is 6.20. The number of nitrogens with zero attached hydrogens (tertiary/aromatic N) is 4. The van der Waals surface area contributed by atoms with E-state index in [1.54, 1.807) is 12.4 Å². The first-order valence-corrected chi connectivity index (χ1v) is 12.3. The molecule has 0 saturated heterocycles. The van der Waals surface area contributed by atoms with Crippen molar-refractivity contribution in [3.05, 3.63) is 122 Å². The minimum Gasteiger partial charge on any atom is -0.439 e. The number of hydrogen-bond acceptors (Lipinski definition) is 4. The van der Waals surface area contributed by atoms with Crippen LogP contribution in [0.3, 0.4) is 0 Å². The Balaban J connectivity index is 1.22. The molecule has 0 saturated carbocycles. The third-order valence-corrected chi connectivity index (χ3v) is 6.39. The van der Waals surface area contributed by atoms with Crippen LogP contribution in [-0.4, -0.2) is 19.1 Å². The van der Waals surface area contributed by atoms with Crippen LogP contribution in [0.4, 0.5) is 0 Å². The Morgan fingerprint density at radius 2 is 0.974 bits per heavy atom. The number of benzene rings is 2. The zero-order chi connectivity index (χ0) is 25.9. The van der Waals surface area contributed by atoms with Gasteiger partial charge in [0.2, 0.25) is 11.8 Å². The molecule has 6 heteroatoms. The highest BCUT2D eigenvalue weighted by Crippen LogP contribution is 2.32. The summed E-state index contributed by atoms with van der Waals surface area (Å²) in [5, 5.41) is 0. The van der Waals surface area contributed by atoms with Crippen LogP contribution in [0.15, 0.2) is 122 Å². The number of rotatable bonds is 7. The normalized spacial score (nSPS) is 10.9. The van der Waals surface area contributed by atoms with E-state index in [0.29, 0.717) is 23.3 Å². The first-order valence-electron chi connectivity index (χ1n) is 12.3. The molecule has 2 aromatic carbocycles. The van der Waals surface area contributed by atoms with Crippen molar-refractivity contribution < 1.29 is 9.47 Å². The van der Waals surface area contributed by atoms with Gasteiger partial charge in [-0.2, -0.15) is 0 Å². The van der Waals surface area contributed by atoms with E-state index < -0.39 is 0 Å². The molecule has 0 radical (unpaired) electrons. The molecule has 0 spiro atoms. The van der Waals surface area contributed by atoms with E-state index in [9.17, 15) is 0 Å². The van der Waals surface area contributed by atoms with Gasteiger partial charge in [-0.15, -0.1) is 0 Å². The molecule has 0 aliphatic heterocycles. The van der Waals surface area contributed by atoms with E-state index in [4.69, 9.17) is 9.47 Å². The molecule has 0 aliphatic carbocycles. The minimum atomic E-state index is 0.544. The fourth-order valence-corrected chi connectivity index (χ4v) is 4.49. The van der Waals surface area contributed by atoms with Gasteiger partial charge in [-0.1, -0.05) is 24.3 Å². The van der Waals surface area contributed by atoms with Crippen LogP contribution in [0.2, 0.25) is 0 Å². The molecular weight excluding hydrogens is 472 g/mol. The van der Waals surface area contributed by atoms with Crippen molar-refractivity contribution >= 4 is 0 Å². The molecule has 0 unspecified atom stereocenters. The van der Waals surface area contributed by atoms with Gasteiger partial charge in [0.05, 0.1) is 0 Å². The van der Waals surface area contributed by atoms with Gasteiger partial charge >= 0.3 is 0 Å². The average Bonchev–Trinajstić information content (AvgIpc) is 3.57. The predicted molar refractivity (Wildman–Crippen MR) is 149 cm³/mol. The SMILES string of the molecule is Cn1cccc1-c1ccnc(Oc2cccc(-c3cccc(Oc4cc(-c5cccn5C)ccn4)c3)c2)c1. The van der Waals surface area contributed by atoms with Crippen molar-refractivity contribution in [2.75, 3.05) is 0 Å². The van der Waals surface area contributed by atoms with E-state index in [1.807, 2.05) is 111 Å². The Hall–Kier alpha value is -5.10. The second-order valence-corrected chi connectivity index (χ2v) is 9.03. The van der Waals surface area contributed by atoms with Crippen LogP contribution >= 0.6 is 0 Å². The van der Waals surface area contributed by atoms with E-state index in [-0.39, 0.29) is 0 Å². The largest absolute Gasteiger partial charge is 0.439 e. The maximum Gasteiger partial charge on any atom is 0.219 e. The molecule has 38 heavy (non-hydrogen) atoms. The number of aromatic nitrogens is 4. The summed E-state index contributed by atoms with van der Waals surface area (Å²) >= 11 is 0. The molecule has 6 nitrogen and oxygen atoms in total. The lowest BCUT2D eigenvalue weighted by Crippen LogP contribution is -1.93. The lowest BCUT2D eigenvalue weighted by molar-refractivity contribution is 0.462. The number of aryl methyl sites for hydroxylation is 2. The van der Waals surface area contributed by atoms with Crippen molar-refractivity contribution in [2.45, 2.75) is 0 Å². The average molecular weight is 499 g/mol. The third-order valence-electron chi connectivity index (χ3n) is 6.39. The van der Waals surface area contributed by atoms with Crippen molar-refractivity contribution in [3.63, 3.8) is 0 Å². The van der Waals surface area contributed by atoms with Crippen LogP contribution in [0.1, 0.15) is 0 Å². The van der Waals surface area contributed by atoms with Gasteiger partial charge in [-0.05, 0) is 71.8 Å². The van der Waals surface area contributed by atoms with Gasteiger partial charge < -0.3 is 18.6 Å². The molecular formula is C32H26N4O2. The Bertz CT molecular complexity index is 1590. The van der Waals surface area contributed by atoms with Gasteiger partial charge in [-0.3, -0.25) is 0 Å². The van der Waals surface area contributed by atoms with Crippen LogP contribution in [0.25, 0.3) is 33.6 Å². The summed E-state index contributed by atoms with van der Waals surface area (Å²) in [5.74, 6) is 2.51. The van der Waals surface area contributed by atoms with Crippen LogP contribution in [0, 0.1) is 0 Å². The van der Waals surface area contributed by atoms with Gasteiger partial charge in [0.15, 0.2) is 0 Å². The second-order valence-electron chi connectivity index (χ2n) is 9.03. The molecule has 0 bridgehead atoms. The first kappa shape index (κ1) is 23.3. The van der Waals surface area contributed by atoms with E-state index in [0.717, 1.165) is 33.6 Å². The summed E-state index contributed by atoms with van der Waals surface area (Å²) in [4.78, 5) is 8.82. The quantitative estimate of drug-likeness (QED) is 0.226. The van der Waals surface area contributed by atoms with Gasteiger partial charge in [0.1, 0.15) is 11.5 Å². The molecule has 186 valence electrons. The second kappa shape index (κ2) is 10.1. The highest BCUT2D eigenvalue weighted by Gasteiger charge is 2.09. The number of hydrogen-bond donors (Lipinski definition) is 0. The van der Waals surface area contributed by atoms with Crippen LogP contribution in [-0.2, 0) is 14.1 Å². The maximum absolute atomic E-state index is 6.14. The van der Waals surface area contributed by atoms with Gasteiger partial charge in [-0.25, -0.2) is 9.97 Å². The first-order chi connectivity index (χ1) is 18.6. The summed E-state index contributed by atoms with van der Waals surface area (Å²) in [7, 11) is 4.04. The minimum absolute atomic E-state index is 0.544. The third kappa shape index (κ3) is 4.92. The summed E-state index contributed by atoms with van der Waals surface area (Å²) in [5.41, 5.74) is 6.33. The zero-order valence-corrected chi connectivity index (χ0v) is 21.2. The van der Waals surface area contributed by atoms with Crippen molar-refractivity contribution in [1.82, 2.24) is 19.1 Å².